The number of carbonyl (C=O) groups is 2. The summed E-state index contributed by atoms with van der Waals surface area (Å²) in [6.07, 6.45) is 7.30. The second kappa shape index (κ2) is 9.82. The van der Waals surface area contributed by atoms with Gasteiger partial charge in [0, 0.05) is 32.7 Å². The Kier molecular flexibility index (Phi) is 6.70. The summed E-state index contributed by atoms with van der Waals surface area (Å²) in [6, 6.07) is 7.71. The first-order valence-corrected chi connectivity index (χ1v) is 11.3. The molecule has 0 saturated carbocycles. The molecule has 3 heterocycles. The van der Waals surface area contributed by atoms with E-state index < -0.39 is 6.04 Å². The molecule has 0 radical (unpaired) electrons. The highest BCUT2D eigenvalue weighted by molar-refractivity contribution is 5.91. The minimum absolute atomic E-state index is 0.0264. The number of hydrogen-bond acceptors (Lipinski definition) is 4. The molecule has 2 amide bonds. The van der Waals surface area contributed by atoms with Gasteiger partial charge in [-0.05, 0) is 49.7 Å². The smallest absolute Gasteiger partial charge is 0.247 e. The Morgan fingerprint density at radius 2 is 1.81 bits per heavy atom. The number of rotatable bonds is 3. The molecule has 2 fully saturated rings. The van der Waals surface area contributed by atoms with Crippen molar-refractivity contribution in [2.75, 3.05) is 32.7 Å². The van der Waals surface area contributed by atoms with Gasteiger partial charge in [0.2, 0.25) is 17.8 Å². The Bertz CT molecular complexity index is 886. The maximum atomic E-state index is 13.2. The maximum Gasteiger partial charge on any atom is 0.247 e. The van der Waals surface area contributed by atoms with Crippen molar-refractivity contribution in [1.29, 1.82) is 5.26 Å². The monoisotopic (exact) mass is 422 g/mol. The van der Waals surface area contributed by atoms with E-state index in [0.717, 1.165) is 51.7 Å². The lowest BCUT2D eigenvalue weighted by atomic mass is 10.0. The Morgan fingerprint density at radius 3 is 2.58 bits per heavy atom. The number of benzene rings is 1. The van der Waals surface area contributed by atoms with Gasteiger partial charge in [-0.15, -0.1) is 0 Å². The molecule has 1 N–H and O–H groups in total. The molecule has 2 saturated heterocycles. The van der Waals surface area contributed by atoms with Crippen LogP contribution in [0, 0.1) is 11.5 Å². The van der Waals surface area contributed by atoms with Gasteiger partial charge >= 0.3 is 0 Å². The lowest BCUT2D eigenvalue weighted by Gasteiger charge is -2.31. The minimum atomic E-state index is -0.568. The number of hydrogen-bond donors (Lipinski definition) is 1. The highest BCUT2D eigenvalue weighted by Gasteiger charge is 2.31. The molecule has 0 aromatic heterocycles. The molecule has 0 spiro atoms. The van der Waals surface area contributed by atoms with E-state index in [1.54, 1.807) is 4.90 Å². The van der Waals surface area contributed by atoms with Crippen LogP contribution in [0.15, 0.2) is 29.3 Å². The van der Waals surface area contributed by atoms with Gasteiger partial charge < -0.3 is 14.7 Å². The number of nitrogens with one attached hydrogen (secondary N) is 1. The molecular weight excluding hydrogens is 392 g/mol. The van der Waals surface area contributed by atoms with Crippen LogP contribution in [-0.2, 0) is 22.6 Å². The van der Waals surface area contributed by atoms with E-state index in [4.69, 9.17) is 4.99 Å². The number of carbonyl (C=O) groups excluding carboxylic acids is 2. The summed E-state index contributed by atoms with van der Waals surface area (Å²) >= 11 is 0. The van der Waals surface area contributed by atoms with Gasteiger partial charge in [-0.2, -0.15) is 5.26 Å². The summed E-state index contributed by atoms with van der Waals surface area (Å²) in [7, 11) is 0. The van der Waals surface area contributed by atoms with E-state index >= 15 is 0 Å². The fourth-order valence-electron chi connectivity index (χ4n) is 4.66. The maximum absolute atomic E-state index is 13.2. The molecule has 4 rings (SSSR count). The van der Waals surface area contributed by atoms with E-state index in [-0.39, 0.29) is 18.4 Å². The summed E-state index contributed by atoms with van der Waals surface area (Å²) in [5.74, 6) is 0.362. The van der Waals surface area contributed by atoms with Crippen molar-refractivity contribution in [1.82, 2.24) is 20.0 Å². The molecule has 1 aromatic rings. The van der Waals surface area contributed by atoms with E-state index in [1.807, 2.05) is 28.1 Å². The number of fused-ring (bicyclic) bond motifs is 1. The molecule has 1 aromatic carbocycles. The highest BCUT2D eigenvalue weighted by atomic mass is 16.2. The van der Waals surface area contributed by atoms with Crippen molar-refractivity contribution < 1.29 is 9.59 Å². The lowest BCUT2D eigenvalue weighted by Crippen LogP contribution is -2.47. The summed E-state index contributed by atoms with van der Waals surface area (Å²) in [6.45, 7) is 3.68. The van der Waals surface area contributed by atoms with Gasteiger partial charge in [0.05, 0.1) is 6.54 Å². The number of likely N-dealkylation sites (tertiary alicyclic amines) is 2. The predicted octanol–water partition coefficient (Wildman–Crippen LogP) is 1.47. The van der Waals surface area contributed by atoms with Crippen molar-refractivity contribution in [2.24, 2.45) is 4.99 Å². The average molecular weight is 423 g/mol. The minimum Gasteiger partial charge on any atom is -0.341 e. The average Bonchev–Trinajstić information content (AvgIpc) is 3.28. The van der Waals surface area contributed by atoms with Gasteiger partial charge in [0.25, 0.3) is 0 Å². The zero-order valence-electron chi connectivity index (χ0n) is 17.9. The summed E-state index contributed by atoms with van der Waals surface area (Å²) < 4.78 is 0. The number of nitrogens with zero attached hydrogens (tertiary/aromatic N) is 5. The van der Waals surface area contributed by atoms with Gasteiger partial charge in [0.1, 0.15) is 6.04 Å². The van der Waals surface area contributed by atoms with Crippen LogP contribution in [0.2, 0.25) is 0 Å². The zero-order chi connectivity index (χ0) is 21.6. The van der Waals surface area contributed by atoms with E-state index in [0.29, 0.717) is 25.5 Å². The summed E-state index contributed by atoms with van der Waals surface area (Å²) in [5, 5.41) is 12.0. The van der Waals surface area contributed by atoms with E-state index in [2.05, 4.69) is 17.4 Å². The van der Waals surface area contributed by atoms with Crippen LogP contribution in [0.5, 0.6) is 0 Å². The first kappa shape index (κ1) is 21.2. The largest absolute Gasteiger partial charge is 0.341 e. The van der Waals surface area contributed by atoms with Gasteiger partial charge in [-0.25, -0.2) is 4.99 Å². The number of nitriles is 1. The normalized spacial score (nSPS) is 22.0. The Morgan fingerprint density at radius 1 is 1.06 bits per heavy atom. The van der Waals surface area contributed by atoms with E-state index in [1.165, 1.54) is 11.1 Å². The Balaban J connectivity index is 1.49. The number of aliphatic imine (C=N–C) groups is 1. The molecule has 0 aliphatic carbocycles. The van der Waals surface area contributed by atoms with Crippen LogP contribution in [0.3, 0.4) is 0 Å². The molecule has 3 aliphatic rings. The second-order valence-corrected chi connectivity index (χ2v) is 8.49. The van der Waals surface area contributed by atoms with Crippen LogP contribution in [0.1, 0.15) is 43.2 Å². The van der Waals surface area contributed by atoms with Crippen LogP contribution < -0.4 is 5.32 Å². The first-order valence-electron chi connectivity index (χ1n) is 11.3. The highest BCUT2D eigenvalue weighted by Crippen LogP contribution is 2.20. The van der Waals surface area contributed by atoms with Crippen LogP contribution in [0.4, 0.5) is 0 Å². The van der Waals surface area contributed by atoms with Crippen molar-refractivity contribution >= 4 is 17.8 Å². The molecule has 8 nitrogen and oxygen atoms in total. The third kappa shape index (κ3) is 4.98. The Hall–Kier alpha value is -3.08. The SMILES string of the molecule is N#CNC(=NC1CCCCN(CC(=O)N2CCCC2)C1=O)N1CCc2ccccc2C1. The van der Waals surface area contributed by atoms with Gasteiger partial charge in [0.15, 0.2) is 6.19 Å². The van der Waals surface area contributed by atoms with Crippen molar-refractivity contribution in [3.05, 3.63) is 35.4 Å². The third-order valence-electron chi connectivity index (χ3n) is 6.41. The molecule has 1 unspecified atom stereocenters. The first-order chi connectivity index (χ1) is 15.2. The van der Waals surface area contributed by atoms with Gasteiger partial charge in [-0.1, -0.05) is 24.3 Å². The molecule has 8 heteroatoms. The van der Waals surface area contributed by atoms with Crippen LogP contribution in [-0.4, -0.2) is 71.2 Å². The van der Waals surface area contributed by atoms with Crippen molar-refractivity contribution in [3.8, 4) is 6.19 Å². The Labute approximate surface area is 183 Å². The van der Waals surface area contributed by atoms with Crippen LogP contribution >= 0.6 is 0 Å². The summed E-state index contributed by atoms with van der Waals surface area (Å²) in [4.78, 5) is 36.1. The molecule has 3 aliphatic heterocycles. The molecule has 0 bridgehead atoms. The molecular formula is C23H30N6O2. The van der Waals surface area contributed by atoms with E-state index in [9.17, 15) is 14.9 Å². The molecule has 31 heavy (non-hydrogen) atoms. The van der Waals surface area contributed by atoms with Crippen molar-refractivity contribution in [2.45, 2.75) is 51.1 Å². The van der Waals surface area contributed by atoms with Crippen LogP contribution in [0.25, 0.3) is 0 Å². The number of amides is 2. The molecule has 1 atom stereocenters. The van der Waals surface area contributed by atoms with Crippen molar-refractivity contribution in [3.63, 3.8) is 0 Å². The topological polar surface area (TPSA) is 92.0 Å². The fraction of sp³-hybridized carbons (Fsp3) is 0.565. The standard InChI is InChI=1S/C23H30N6O2/c24-17-25-23(29-14-10-18-7-1-2-8-19(18)15-29)26-20-9-3-4-13-28(22(20)31)16-21(30)27-11-5-6-12-27/h1-2,7-8,20H,3-6,9-16H2,(H,25,26). The third-order valence-corrected chi connectivity index (χ3v) is 6.41. The zero-order valence-corrected chi connectivity index (χ0v) is 17.9. The lowest BCUT2D eigenvalue weighted by molar-refractivity contribution is -0.140. The summed E-state index contributed by atoms with van der Waals surface area (Å²) in [5.41, 5.74) is 2.53. The van der Waals surface area contributed by atoms with Gasteiger partial charge in [-0.3, -0.25) is 14.9 Å². The quantitative estimate of drug-likeness (QED) is 0.345. The fourth-order valence-corrected chi connectivity index (χ4v) is 4.66. The second-order valence-electron chi connectivity index (χ2n) is 8.49. The molecule has 164 valence electrons. The predicted molar refractivity (Wildman–Crippen MR) is 117 cm³/mol. The number of guanidine groups is 1.